The maximum Gasteiger partial charge on any atom is 0.272 e. The van der Waals surface area contributed by atoms with Gasteiger partial charge < -0.3 is 9.80 Å². The van der Waals surface area contributed by atoms with Gasteiger partial charge in [0, 0.05) is 62.1 Å². The number of terminal acetylenes is 1. The summed E-state index contributed by atoms with van der Waals surface area (Å²) in [6, 6.07) is 2.39. The third kappa shape index (κ3) is 5.49. The summed E-state index contributed by atoms with van der Waals surface area (Å²) in [6.07, 6.45) is 5.64. The molecule has 0 bridgehead atoms. The van der Waals surface area contributed by atoms with E-state index >= 15 is 0 Å². The molecule has 1 aliphatic heterocycles. The number of halogens is 2. The van der Waals surface area contributed by atoms with Crippen molar-refractivity contribution in [2.45, 2.75) is 11.8 Å². The van der Waals surface area contributed by atoms with Crippen LogP contribution in [0.2, 0.25) is 0 Å². The standard InChI is InChI=1S/C18H24Br2N4O4S/c1-3-15-13-16(24(25)26)14-17(18(15)22(7-5-19)8-6-20)29(27,28)23-11-9-21(4-2)10-12-23/h1,13-14H,4-12H2,2H3. The van der Waals surface area contributed by atoms with Crippen molar-refractivity contribution < 1.29 is 13.3 Å². The zero-order valence-electron chi connectivity index (χ0n) is 16.2. The average molecular weight is 552 g/mol. The molecule has 160 valence electrons. The number of alkyl halides is 2. The van der Waals surface area contributed by atoms with Crippen molar-refractivity contribution in [2.24, 2.45) is 0 Å². The number of likely N-dealkylation sites (N-methyl/N-ethyl adjacent to an activating group) is 1. The Kier molecular flexibility index (Phi) is 8.91. The fourth-order valence-electron chi connectivity index (χ4n) is 3.30. The molecule has 8 nitrogen and oxygen atoms in total. The summed E-state index contributed by atoms with van der Waals surface area (Å²) in [5, 5.41) is 12.6. The summed E-state index contributed by atoms with van der Waals surface area (Å²) in [5.41, 5.74) is 0.215. The molecule has 1 fully saturated rings. The van der Waals surface area contributed by atoms with Gasteiger partial charge in [-0.25, -0.2) is 8.42 Å². The third-order valence-corrected chi connectivity index (χ3v) is 7.47. The van der Waals surface area contributed by atoms with Crippen LogP contribution in [0.4, 0.5) is 11.4 Å². The Morgan fingerprint density at radius 1 is 1.21 bits per heavy atom. The number of hydrogen-bond donors (Lipinski definition) is 0. The van der Waals surface area contributed by atoms with Crippen molar-refractivity contribution >= 4 is 53.3 Å². The van der Waals surface area contributed by atoms with Crippen LogP contribution in [0.15, 0.2) is 17.0 Å². The van der Waals surface area contributed by atoms with Gasteiger partial charge in [-0.15, -0.1) is 6.42 Å². The largest absolute Gasteiger partial charge is 0.368 e. The molecule has 0 saturated carbocycles. The van der Waals surface area contributed by atoms with E-state index in [1.54, 1.807) is 0 Å². The number of anilines is 1. The highest BCUT2D eigenvalue weighted by molar-refractivity contribution is 9.09. The number of nitro groups is 1. The number of benzene rings is 1. The molecule has 11 heteroatoms. The molecule has 1 aromatic rings. The molecule has 1 aliphatic rings. The first-order valence-electron chi connectivity index (χ1n) is 9.18. The van der Waals surface area contributed by atoms with E-state index in [2.05, 4.69) is 42.7 Å². The molecule has 0 aliphatic carbocycles. The van der Waals surface area contributed by atoms with E-state index in [1.165, 1.54) is 10.4 Å². The van der Waals surface area contributed by atoms with Gasteiger partial charge in [-0.1, -0.05) is 44.7 Å². The topological polar surface area (TPSA) is 87.0 Å². The lowest BCUT2D eigenvalue weighted by Crippen LogP contribution is -2.48. The summed E-state index contributed by atoms with van der Waals surface area (Å²) in [4.78, 5) is 14.7. The van der Waals surface area contributed by atoms with Crippen LogP contribution in [0, 0.1) is 22.5 Å². The van der Waals surface area contributed by atoms with Gasteiger partial charge in [0.25, 0.3) is 5.69 Å². The summed E-state index contributed by atoms with van der Waals surface area (Å²) in [5.74, 6) is 2.45. The molecule has 0 amide bonds. The van der Waals surface area contributed by atoms with E-state index in [9.17, 15) is 18.5 Å². The highest BCUT2D eigenvalue weighted by Gasteiger charge is 2.34. The van der Waals surface area contributed by atoms with E-state index in [1.807, 2.05) is 11.8 Å². The molecular weight excluding hydrogens is 528 g/mol. The zero-order valence-corrected chi connectivity index (χ0v) is 20.2. The van der Waals surface area contributed by atoms with Crippen LogP contribution < -0.4 is 4.90 Å². The van der Waals surface area contributed by atoms with Crippen LogP contribution in [-0.2, 0) is 10.0 Å². The van der Waals surface area contributed by atoms with E-state index in [0.29, 0.717) is 55.6 Å². The van der Waals surface area contributed by atoms with E-state index in [-0.39, 0.29) is 16.1 Å². The Labute approximate surface area is 188 Å². The van der Waals surface area contributed by atoms with Crippen LogP contribution in [0.25, 0.3) is 0 Å². The lowest BCUT2D eigenvalue weighted by Gasteiger charge is -2.34. The second kappa shape index (κ2) is 10.7. The number of piperazine rings is 1. The van der Waals surface area contributed by atoms with Crippen LogP contribution in [0.5, 0.6) is 0 Å². The van der Waals surface area contributed by atoms with E-state index in [0.717, 1.165) is 12.6 Å². The molecule has 0 aromatic heterocycles. The molecule has 0 N–H and O–H groups in total. The van der Waals surface area contributed by atoms with Crippen molar-refractivity contribution in [1.82, 2.24) is 9.21 Å². The van der Waals surface area contributed by atoms with Crippen molar-refractivity contribution in [2.75, 3.05) is 61.4 Å². The molecule has 1 heterocycles. The number of nitro benzene ring substituents is 1. The molecule has 0 unspecified atom stereocenters. The molecule has 0 radical (unpaired) electrons. The molecule has 1 saturated heterocycles. The third-order valence-electron chi connectivity index (χ3n) is 4.85. The number of nitrogens with zero attached hydrogens (tertiary/aromatic N) is 4. The number of non-ortho nitro benzene ring substituents is 1. The molecule has 1 aromatic carbocycles. The van der Waals surface area contributed by atoms with Gasteiger partial charge in [-0.05, 0) is 6.54 Å². The Hall–Kier alpha value is -1.19. The first-order chi connectivity index (χ1) is 13.8. The number of hydrogen-bond acceptors (Lipinski definition) is 6. The Morgan fingerprint density at radius 3 is 2.24 bits per heavy atom. The zero-order chi connectivity index (χ0) is 21.6. The van der Waals surface area contributed by atoms with Gasteiger partial charge in [-0.3, -0.25) is 10.1 Å². The highest BCUT2D eigenvalue weighted by atomic mass is 79.9. The minimum atomic E-state index is -3.96. The summed E-state index contributed by atoms with van der Waals surface area (Å²) in [7, 11) is -3.96. The lowest BCUT2D eigenvalue weighted by molar-refractivity contribution is -0.385. The molecular formula is C18H24Br2N4O4S. The van der Waals surface area contributed by atoms with Gasteiger partial charge in [-0.2, -0.15) is 4.31 Å². The van der Waals surface area contributed by atoms with E-state index < -0.39 is 14.9 Å². The first kappa shape index (κ1) is 24.1. The minimum absolute atomic E-state index is 0.105. The van der Waals surface area contributed by atoms with Crippen molar-refractivity contribution in [3.05, 3.63) is 27.8 Å². The average Bonchev–Trinajstić information content (AvgIpc) is 2.72. The lowest BCUT2D eigenvalue weighted by atomic mass is 10.1. The monoisotopic (exact) mass is 550 g/mol. The predicted octanol–water partition coefficient (Wildman–Crippen LogP) is 2.50. The van der Waals surface area contributed by atoms with Crippen molar-refractivity contribution in [3.8, 4) is 12.3 Å². The normalized spacial score (nSPS) is 15.8. The van der Waals surface area contributed by atoms with Crippen LogP contribution >= 0.6 is 31.9 Å². The van der Waals surface area contributed by atoms with Crippen LogP contribution in [-0.4, -0.2) is 79.0 Å². The summed E-state index contributed by atoms with van der Waals surface area (Å²) < 4.78 is 28.4. The van der Waals surface area contributed by atoms with Gasteiger partial charge in [0.1, 0.15) is 4.90 Å². The number of sulfonamides is 1. The summed E-state index contributed by atoms with van der Waals surface area (Å²) in [6.45, 7) is 5.79. The SMILES string of the molecule is C#Cc1cc([N+](=O)[O-])cc(S(=O)(=O)N2CCN(CC)CC2)c1N(CCBr)CCBr. The first-order valence-corrected chi connectivity index (χ1v) is 12.9. The van der Waals surface area contributed by atoms with Crippen molar-refractivity contribution in [1.29, 1.82) is 0 Å². The van der Waals surface area contributed by atoms with Crippen molar-refractivity contribution in [3.63, 3.8) is 0 Å². The second-order valence-electron chi connectivity index (χ2n) is 6.44. The summed E-state index contributed by atoms with van der Waals surface area (Å²) >= 11 is 6.77. The quantitative estimate of drug-likeness (QED) is 0.203. The fraction of sp³-hybridized carbons (Fsp3) is 0.556. The minimum Gasteiger partial charge on any atom is -0.368 e. The number of rotatable bonds is 9. The molecule has 0 atom stereocenters. The molecule has 29 heavy (non-hydrogen) atoms. The van der Waals surface area contributed by atoms with Gasteiger partial charge in [0.15, 0.2) is 0 Å². The Morgan fingerprint density at radius 2 is 1.79 bits per heavy atom. The van der Waals surface area contributed by atoms with Gasteiger partial charge >= 0.3 is 0 Å². The smallest absolute Gasteiger partial charge is 0.272 e. The maximum atomic E-state index is 13.5. The molecule has 2 rings (SSSR count). The van der Waals surface area contributed by atoms with Gasteiger partial charge in [0.05, 0.1) is 16.2 Å². The molecule has 0 spiro atoms. The fourth-order valence-corrected chi connectivity index (χ4v) is 5.83. The second-order valence-corrected chi connectivity index (χ2v) is 9.94. The van der Waals surface area contributed by atoms with E-state index in [4.69, 9.17) is 6.42 Å². The highest BCUT2D eigenvalue weighted by Crippen LogP contribution is 2.35. The van der Waals surface area contributed by atoms with Crippen LogP contribution in [0.3, 0.4) is 0 Å². The van der Waals surface area contributed by atoms with Gasteiger partial charge in [0.2, 0.25) is 10.0 Å². The van der Waals surface area contributed by atoms with Crippen LogP contribution in [0.1, 0.15) is 12.5 Å². The Bertz CT molecular complexity index is 875. The Balaban J connectivity index is 2.65. The predicted molar refractivity (Wildman–Crippen MR) is 122 cm³/mol. The maximum absolute atomic E-state index is 13.5.